The lowest BCUT2D eigenvalue weighted by molar-refractivity contribution is -0.137. The number of phenolic OH excluding ortho intramolecular Hbond substituents is 1. The highest BCUT2D eigenvalue weighted by Gasteiger charge is 2.33. The van der Waals surface area contributed by atoms with Gasteiger partial charge >= 0.3 is 6.18 Å². The number of benzene rings is 1. The number of piperidine rings is 1. The molecule has 2 aromatic rings. The Balaban J connectivity index is 1.95. The summed E-state index contributed by atoms with van der Waals surface area (Å²) in [6.45, 7) is 3.72. The third-order valence-electron chi connectivity index (χ3n) is 5.00. The zero-order valence-electron chi connectivity index (χ0n) is 15.9. The van der Waals surface area contributed by atoms with Crippen LogP contribution in [0.15, 0.2) is 18.2 Å². The van der Waals surface area contributed by atoms with Gasteiger partial charge in [0.15, 0.2) is 0 Å². The highest BCUT2D eigenvalue weighted by molar-refractivity contribution is 5.73. The average molecular weight is 395 g/mol. The number of ether oxygens (including phenoxy) is 1. The Hall–Kier alpha value is -2.19. The van der Waals surface area contributed by atoms with Crippen LogP contribution in [-0.2, 0) is 23.9 Å². The van der Waals surface area contributed by atoms with Crippen molar-refractivity contribution in [1.29, 1.82) is 0 Å². The van der Waals surface area contributed by atoms with Gasteiger partial charge in [0.1, 0.15) is 5.75 Å². The summed E-state index contributed by atoms with van der Waals surface area (Å²) in [5.41, 5.74) is 1.48. The number of halogens is 3. The summed E-state index contributed by atoms with van der Waals surface area (Å²) < 4.78 is 44.3. The van der Waals surface area contributed by atoms with Crippen molar-refractivity contribution in [2.24, 2.45) is 5.92 Å². The molecule has 5 nitrogen and oxygen atoms in total. The van der Waals surface area contributed by atoms with Gasteiger partial charge in [0.05, 0.1) is 23.6 Å². The molecule has 1 atom stereocenters. The number of rotatable bonds is 5. The molecular weight excluding hydrogens is 371 g/mol. The standard InChI is InChI=1S/C20H24F3N3O2/c1-12-6-16(7-13-4-3-5-24-10-13)25-26-19(12)18-14(11-28-2)8-15(9-17(18)27)20(21,22)23/h6,8-9,13,24,27H,3-5,7,10-11H2,1-2H3/t13-/m0/s1. The fraction of sp³-hybridized carbons (Fsp3) is 0.500. The molecule has 0 bridgehead atoms. The van der Waals surface area contributed by atoms with E-state index in [9.17, 15) is 18.3 Å². The summed E-state index contributed by atoms with van der Waals surface area (Å²) in [5, 5.41) is 22.2. The molecule has 0 radical (unpaired) electrons. The molecule has 1 aliphatic rings. The van der Waals surface area contributed by atoms with Crippen molar-refractivity contribution in [3.63, 3.8) is 0 Å². The lowest BCUT2D eigenvalue weighted by atomic mass is 9.93. The lowest BCUT2D eigenvalue weighted by Gasteiger charge is -2.22. The number of methoxy groups -OCH3 is 1. The van der Waals surface area contributed by atoms with Crippen molar-refractivity contribution >= 4 is 0 Å². The number of hydrogen-bond donors (Lipinski definition) is 2. The molecule has 28 heavy (non-hydrogen) atoms. The Bertz CT molecular complexity index is 834. The van der Waals surface area contributed by atoms with Crippen LogP contribution in [0, 0.1) is 12.8 Å². The molecule has 152 valence electrons. The molecule has 0 amide bonds. The number of alkyl halides is 3. The minimum atomic E-state index is -4.56. The van der Waals surface area contributed by atoms with Gasteiger partial charge in [-0.25, -0.2) is 0 Å². The van der Waals surface area contributed by atoms with Crippen LogP contribution in [0.1, 0.15) is 35.2 Å². The number of aromatic nitrogens is 2. The molecule has 1 aliphatic heterocycles. The fourth-order valence-electron chi connectivity index (χ4n) is 3.67. The molecule has 0 unspecified atom stereocenters. The molecule has 1 aromatic heterocycles. The second kappa shape index (κ2) is 8.45. The van der Waals surface area contributed by atoms with Crippen molar-refractivity contribution in [3.8, 4) is 17.0 Å². The second-order valence-electron chi connectivity index (χ2n) is 7.24. The molecule has 2 heterocycles. The third-order valence-corrected chi connectivity index (χ3v) is 5.00. The van der Waals surface area contributed by atoms with Crippen LogP contribution in [-0.4, -0.2) is 35.5 Å². The van der Waals surface area contributed by atoms with E-state index in [-0.39, 0.29) is 17.7 Å². The summed E-state index contributed by atoms with van der Waals surface area (Å²) >= 11 is 0. The van der Waals surface area contributed by atoms with E-state index in [0.717, 1.165) is 55.7 Å². The third kappa shape index (κ3) is 4.62. The van der Waals surface area contributed by atoms with Gasteiger partial charge in [0.2, 0.25) is 0 Å². The van der Waals surface area contributed by atoms with E-state index in [1.54, 1.807) is 0 Å². The molecule has 8 heteroatoms. The van der Waals surface area contributed by atoms with Crippen LogP contribution in [0.2, 0.25) is 0 Å². The minimum absolute atomic E-state index is 0.0799. The number of aryl methyl sites for hydroxylation is 1. The maximum atomic E-state index is 13.1. The minimum Gasteiger partial charge on any atom is -0.507 e. The van der Waals surface area contributed by atoms with Gasteiger partial charge in [0.25, 0.3) is 0 Å². The van der Waals surface area contributed by atoms with Crippen molar-refractivity contribution in [2.75, 3.05) is 20.2 Å². The Morgan fingerprint density at radius 3 is 2.64 bits per heavy atom. The van der Waals surface area contributed by atoms with Gasteiger partial charge in [-0.05, 0) is 74.5 Å². The fourth-order valence-corrected chi connectivity index (χ4v) is 3.67. The summed E-state index contributed by atoms with van der Waals surface area (Å²) in [7, 11) is 1.39. The number of hydrogen-bond acceptors (Lipinski definition) is 5. The van der Waals surface area contributed by atoms with Crippen LogP contribution in [0.25, 0.3) is 11.3 Å². The van der Waals surface area contributed by atoms with Crippen molar-refractivity contribution in [3.05, 3.63) is 40.6 Å². The van der Waals surface area contributed by atoms with E-state index < -0.39 is 17.5 Å². The summed E-state index contributed by atoms with van der Waals surface area (Å²) in [6, 6.07) is 3.60. The molecule has 1 saturated heterocycles. The first-order valence-corrected chi connectivity index (χ1v) is 9.26. The average Bonchev–Trinajstić information content (AvgIpc) is 2.63. The molecule has 2 N–H and O–H groups in total. The Labute approximate surface area is 161 Å². The van der Waals surface area contributed by atoms with Crippen LogP contribution in [0.5, 0.6) is 5.75 Å². The topological polar surface area (TPSA) is 67.3 Å². The van der Waals surface area contributed by atoms with Crippen LogP contribution in [0.4, 0.5) is 13.2 Å². The van der Waals surface area contributed by atoms with Crippen molar-refractivity contribution < 1.29 is 23.0 Å². The van der Waals surface area contributed by atoms with E-state index in [4.69, 9.17) is 4.74 Å². The monoisotopic (exact) mass is 395 g/mol. The molecule has 0 saturated carbocycles. The highest BCUT2D eigenvalue weighted by Crippen LogP contribution is 2.39. The summed E-state index contributed by atoms with van der Waals surface area (Å²) in [4.78, 5) is 0. The maximum Gasteiger partial charge on any atom is 0.416 e. The second-order valence-corrected chi connectivity index (χ2v) is 7.24. The van der Waals surface area contributed by atoms with Gasteiger partial charge < -0.3 is 15.2 Å². The first kappa shape index (κ1) is 20.5. The van der Waals surface area contributed by atoms with Gasteiger partial charge in [-0.2, -0.15) is 18.3 Å². The van der Waals surface area contributed by atoms with Gasteiger partial charge in [0, 0.05) is 12.7 Å². The van der Waals surface area contributed by atoms with Crippen molar-refractivity contribution in [2.45, 2.75) is 39.0 Å². The number of nitrogens with one attached hydrogen (secondary N) is 1. The molecular formula is C20H24F3N3O2. The van der Waals surface area contributed by atoms with E-state index in [2.05, 4.69) is 15.5 Å². The largest absolute Gasteiger partial charge is 0.507 e. The SMILES string of the molecule is COCc1cc(C(F)(F)F)cc(O)c1-c1nnc(C[C@@H]2CCCNC2)cc1C. The lowest BCUT2D eigenvalue weighted by Crippen LogP contribution is -2.31. The molecule has 0 aliphatic carbocycles. The normalized spacial score (nSPS) is 17.7. The summed E-state index contributed by atoms with van der Waals surface area (Å²) in [6.07, 6.45) is -1.50. The zero-order valence-corrected chi connectivity index (χ0v) is 15.9. The van der Waals surface area contributed by atoms with E-state index >= 15 is 0 Å². The smallest absolute Gasteiger partial charge is 0.416 e. The molecule has 1 fully saturated rings. The van der Waals surface area contributed by atoms with Gasteiger partial charge in [-0.3, -0.25) is 0 Å². The zero-order chi connectivity index (χ0) is 20.3. The van der Waals surface area contributed by atoms with Gasteiger partial charge in [-0.15, -0.1) is 5.10 Å². The first-order chi connectivity index (χ1) is 13.3. The van der Waals surface area contributed by atoms with Crippen molar-refractivity contribution in [1.82, 2.24) is 15.5 Å². The van der Waals surface area contributed by atoms with E-state index in [0.29, 0.717) is 11.6 Å². The predicted molar refractivity (Wildman–Crippen MR) is 98.9 cm³/mol. The Morgan fingerprint density at radius 1 is 1.25 bits per heavy atom. The maximum absolute atomic E-state index is 13.1. The quantitative estimate of drug-likeness (QED) is 0.805. The van der Waals surface area contributed by atoms with E-state index in [1.165, 1.54) is 7.11 Å². The number of nitrogens with zero attached hydrogens (tertiary/aromatic N) is 2. The Kier molecular flexibility index (Phi) is 6.20. The molecule has 3 rings (SSSR count). The highest BCUT2D eigenvalue weighted by atomic mass is 19.4. The summed E-state index contributed by atoms with van der Waals surface area (Å²) in [5.74, 6) is 0.0142. The van der Waals surface area contributed by atoms with Crippen LogP contribution < -0.4 is 5.32 Å². The van der Waals surface area contributed by atoms with Gasteiger partial charge in [-0.1, -0.05) is 0 Å². The molecule has 1 aromatic carbocycles. The van der Waals surface area contributed by atoms with Crippen LogP contribution >= 0.6 is 0 Å². The number of phenols is 1. The van der Waals surface area contributed by atoms with E-state index in [1.807, 2.05) is 13.0 Å². The number of aromatic hydroxyl groups is 1. The first-order valence-electron chi connectivity index (χ1n) is 9.26. The Morgan fingerprint density at radius 2 is 2.04 bits per heavy atom. The van der Waals surface area contributed by atoms with Crippen LogP contribution in [0.3, 0.4) is 0 Å². The predicted octanol–water partition coefficient (Wildman–Crippen LogP) is 3.86. The molecule has 0 spiro atoms.